The number of nitrogens with one attached hydrogen (secondary N) is 1. The summed E-state index contributed by atoms with van der Waals surface area (Å²) in [6.07, 6.45) is -0.191. The molecule has 1 fully saturated rings. The van der Waals surface area contributed by atoms with E-state index in [9.17, 15) is 0 Å². The van der Waals surface area contributed by atoms with E-state index in [0.717, 1.165) is 0 Å². The Kier molecular flexibility index (Phi) is 5.81. The maximum atomic E-state index is 8.28. The molecule has 0 radical (unpaired) electrons. The number of aliphatic hydroxyl groups excluding tert-OH is 1. The molecule has 1 rings (SSSR count). The molecule has 1 aliphatic rings. The molecule has 1 saturated heterocycles. The van der Waals surface area contributed by atoms with Crippen molar-refractivity contribution < 1.29 is 9.84 Å². The van der Waals surface area contributed by atoms with E-state index in [1.807, 2.05) is 26.0 Å². The third-order valence-corrected chi connectivity index (χ3v) is 1.09. The summed E-state index contributed by atoms with van der Waals surface area (Å²) in [6, 6.07) is 0. The predicted octanol–water partition coefficient (Wildman–Crippen LogP) is -0.375. The molecular formula is C6H15ClN2O2. The van der Waals surface area contributed by atoms with E-state index in [4.69, 9.17) is 21.6 Å². The Morgan fingerprint density at radius 2 is 2.00 bits per heavy atom. The summed E-state index contributed by atoms with van der Waals surface area (Å²) in [7, 11) is 6.00. The Morgan fingerprint density at radius 1 is 1.55 bits per heavy atom. The molecule has 0 aromatic heterocycles. The number of nitrogens with zero attached hydrogens (tertiary/aromatic N) is 1. The second-order valence-corrected chi connectivity index (χ2v) is 2.95. The lowest BCUT2D eigenvalue weighted by Crippen LogP contribution is -2.09. The van der Waals surface area contributed by atoms with Crippen LogP contribution in [0.25, 0.3) is 0 Å². The van der Waals surface area contributed by atoms with E-state index in [0.29, 0.717) is 0 Å². The highest BCUT2D eigenvalue weighted by atomic mass is 35.5. The lowest BCUT2D eigenvalue weighted by atomic mass is 10.5. The van der Waals surface area contributed by atoms with E-state index in [1.165, 1.54) is 0 Å². The molecule has 0 saturated carbocycles. The van der Waals surface area contributed by atoms with Gasteiger partial charge in [-0.15, -0.1) is 0 Å². The van der Waals surface area contributed by atoms with Crippen LogP contribution in [0.4, 0.5) is 0 Å². The van der Waals surface area contributed by atoms with Crippen LogP contribution in [0.3, 0.4) is 0 Å². The van der Waals surface area contributed by atoms with Crippen molar-refractivity contribution in [1.29, 1.82) is 0 Å². The van der Waals surface area contributed by atoms with Gasteiger partial charge in [0, 0.05) is 0 Å². The fraction of sp³-hybridized carbons (Fsp3) is 1.00. The average Bonchev–Trinajstić information content (AvgIpc) is 2.64. The van der Waals surface area contributed by atoms with Crippen LogP contribution in [-0.4, -0.2) is 50.1 Å². The topological polar surface area (TPSA) is 48.0 Å². The smallest absolute Gasteiger partial charge is 0.150 e. The Morgan fingerprint density at radius 3 is 2.09 bits per heavy atom. The molecular weight excluding hydrogens is 168 g/mol. The minimum atomic E-state index is -0.119. The van der Waals surface area contributed by atoms with Gasteiger partial charge >= 0.3 is 0 Å². The molecule has 1 heterocycles. The second-order valence-electron chi connectivity index (χ2n) is 2.73. The number of hydrogen-bond acceptors (Lipinski definition) is 4. The van der Waals surface area contributed by atoms with Gasteiger partial charge in [-0.05, 0) is 32.9 Å². The van der Waals surface area contributed by atoms with Crippen molar-refractivity contribution in [3.8, 4) is 0 Å². The van der Waals surface area contributed by atoms with E-state index < -0.39 is 0 Å². The van der Waals surface area contributed by atoms with Crippen LogP contribution in [-0.2, 0) is 4.74 Å². The van der Waals surface area contributed by atoms with Gasteiger partial charge < -0.3 is 14.7 Å². The van der Waals surface area contributed by atoms with Crippen molar-refractivity contribution in [2.45, 2.75) is 12.3 Å². The fourth-order valence-electron chi connectivity index (χ4n) is 0.378. The molecule has 11 heavy (non-hydrogen) atoms. The van der Waals surface area contributed by atoms with Gasteiger partial charge in [0.15, 0.2) is 0 Å². The molecule has 2 atom stereocenters. The van der Waals surface area contributed by atoms with Crippen molar-refractivity contribution in [3.05, 3.63) is 0 Å². The summed E-state index contributed by atoms with van der Waals surface area (Å²) < 4.78 is 4.72. The Bertz CT molecular complexity index is 91.8. The molecule has 0 spiro atoms. The lowest BCUT2D eigenvalue weighted by Gasteiger charge is -1.90. The van der Waals surface area contributed by atoms with Gasteiger partial charge in [0.05, 0.1) is 6.61 Å². The maximum Gasteiger partial charge on any atom is 0.150 e. The van der Waals surface area contributed by atoms with Crippen molar-refractivity contribution in [3.63, 3.8) is 0 Å². The summed E-state index contributed by atoms with van der Waals surface area (Å²) in [6.45, 7) is 0.0460. The van der Waals surface area contributed by atoms with Gasteiger partial charge in [-0.2, -0.15) is 0 Å². The third kappa shape index (κ3) is 6.52. The zero-order chi connectivity index (χ0) is 8.85. The quantitative estimate of drug-likeness (QED) is 0.452. The Hall–Kier alpha value is 0.130. The molecule has 4 nitrogen and oxygen atoms in total. The van der Waals surface area contributed by atoms with Crippen LogP contribution < -0.4 is 4.84 Å². The first-order valence-electron chi connectivity index (χ1n) is 3.35. The summed E-state index contributed by atoms with van der Waals surface area (Å²) in [4.78, 5) is 4.33. The van der Waals surface area contributed by atoms with Gasteiger partial charge in [-0.1, -0.05) is 0 Å². The van der Waals surface area contributed by atoms with Crippen LogP contribution in [0.5, 0.6) is 0 Å². The standard InChI is InChI=1S/C3H6ClNO2.C3H9N/c4-5-3-2(1-6)7-3;1-4(2)3/h2-3,5-6H,1H2;1-3H3. The van der Waals surface area contributed by atoms with Crippen molar-refractivity contribution in [2.24, 2.45) is 0 Å². The number of epoxide rings is 1. The van der Waals surface area contributed by atoms with Gasteiger partial charge in [0.25, 0.3) is 0 Å². The normalized spacial score (nSPS) is 27.8. The zero-order valence-electron chi connectivity index (χ0n) is 7.04. The van der Waals surface area contributed by atoms with Crippen LogP contribution in [0.2, 0.25) is 0 Å². The average molecular weight is 183 g/mol. The lowest BCUT2D eigenvalue weighted by molar-refractivity contribution is 0.241. The minimum Gasteiger partial charge on any atom is -0.394 e. The zero-order valence-corrected chi connectivity index (χ0v) is 7.80. The SMILES string of the molecule is CN(C)C.OCC1OC1NCl. The van der Waals surface area contributed by atoms with Gasteiger partial charge in [0.1, 0.15) is 12.3 Å². The highest BCUT2D eigenvalue weighted by Crippen LogP contribution is 2.17. The molecule has 5 heteroatoms. The summed E-state index contributed by atoms with van der Waals surface area (Å²) in [5.74, 6) is 0. The summed E-state index contributed by atoms with van der Waals surface area (Å²) in [5.41, 5.74) is 0. The molecule has 0 aromatic rings. The summed E-state index contributed by atoms with van der Waals surface area (Å²) >= 11 is 5.09. The first kappa shape index (κ1) is 11.1. The number of aliphatic hydroxyl groups is 1. The van der Waals surface area contributed by atoms with E-state index in [-0.39, 0.29) is 18.9 Å². The summed E-state index contributed by atoms with van der Waals surface area (Å²) in [5, 5.41) is 8.28. The molecule has 0 aliphatic carbocycles. The van der Waals surface area contributed by atoms with Crippen molar-refractivity contribution >= 4 is 11.8 Å². The van der Waals surface area contributed by atoms with Crippen LogP contribution >= 0.6 is 11.8 Å². The molecule has 2 unspecified atom stereocenters. The van der Waals surface area contributed by atoms with Crippen molar-refractivity contribution in [2.75, 3.05) is 27.7 Å². The van der Waals surface area contributed by atoms with E-state index in [2.05, 4.69) is 4.84 Å². The Balaban J connectivity index is 0.000000218. The second kappa shape index (κ2) is 5.74. The number of halogens is 1. The minimum absolute atomic E-state index is 0.0460. The molecule has 0 amide bonds. The Labute approximate surface area is 72.2 Å². The predicted molar refractivity (Wildman–Crippen MR) is 44.3 cm³/mol. The number of ether oxygens (including phenoxy) is 1. The van der Waals surface area contributed by atoms with Crippen LogP contribution in [0.1, 0.15) is 0 Å². The molecule has 0 bridgehead atoms. The van der Waals surface area contributed by atoms with E-state index in [1.54, 1.807) is 0 Å². The molecule has 1 aliphatic heterocycles. The highest BCUT2D eigenvalue weighted by Gasteiger charge is 2.37. The van der Waals surface area contributed by atoms with Crippen LogP contribution in [0, 0.1) is 0 Å². The monoisotopic (exact) mass is 182 g/mol. The largest absolute Gasteiger partial charge is 0.394 e. The third-order valence-electron chi connectivity index (χ3n) is 0.870. The van der Waals surface area contributed by atoms with Crippen molar-refractivity contribution in [1.82, 2.24) is 9.74 Å². The van der Waals surface area contributed by atoms with E-state index >= 15 is 0 Å². The maximum absolute atomic E-state index is 8.28. The molecule has 68 valence electrons. The van der Waals surface area contributed by atoms with Crippen LogP contribution in [0.15, 0.2) is 0 Å². The van der Waals surface area contributed by atoms with Gasteiger partial charge in [0.2, 0.25) is 0 Å². The molecule has 0 aromatic carbocycles. The first-order chi connectivity index (χ1) is 5.11. The van der Waals surface area contributed by atoms with Gasteiger partial charge in [-0.3, -0.25) is 0 Å². The number of hydrogen-bond donors (Lipinski definition) is 2. The highest BCUT2D eigenvalue weighted by molar-refractivity contribution is 6.13. The first-order valence-corrected chi connectivity index (χ1v) is 3.73. The number of rotatable bonds is 2. The molecule has 2 N–H and O–H groups in total. The van der Waals surface area contributed by atoms with Gasteiger partial charge in [-0.25, -0.2) is 4.84 Å². The fourth-order valence-corrected chi connectivity index (χ4v) is 0.570.